The van der Waals surface area contributed by atoms with Gasteiger partial charge in [0.2, 0.25) is 0 Å². The maximum Gasteiger partial charge on any atom is 0.193 e. The van der Waals surface area contributed by atoms with Gasteiger partial charge in [-0.15, -0.1) is 24.0 Å². The summed E-state index contributed by atoms with van der Waals surface area (Å²) in [6.45, 7) is 8.28. The monoisotopic (exact) mass is 452 g/mol. The van der Waals surface area contributed by atoms with E-state index < -0.39 is 11.6 Å². The molecule has 24 heavy (non-hydrogen) atoms. The first-order chi connectivity index (χ1) is 11.1. The van der Waals surface area contributed by atoms with Crippen LogP contribution in [-0.4, -0.2) is 55.5 Å². The first-order valence-electron chi connectivity index (χ1n) is 8.25. The van der Waals surface area contributed by atoms with Crippen LogP contribution in [0, 0.1) is 11.6 Å². The SMILES string of the molecule is CCNC(=NC)N1CCN(C(CC)c2ccc(F)cc2F)CC1.I. The van der Waals surface area contributed by atoms with Crippen LogP contribution in [0.2, 0.25) is 0 Å². The molecular weight excluding hydrogens is 425 g/mol. The largest absolute Gasteiger partial charge is 0.357 e. The van der Waals surface area contributed by atoms with Crippen molar-refractivity contribution >= 4 is 29.9 Å². The summed E-state index contributed by atoms with van der Waals surface area (Å²) in [5, 5.41) is 3.26. The Morgan fingerprint density at radius 2 is 1.88 bits per heavy atom. The van der Waals surface area contributed by atoms with Crippen molar-refractivity contribution in [3.05, 3.63) is 35.4 Å². The van der Waals surface area contributed by atoms with Gasteiger partial charge in [0.15, 0.2) is 5.96 Å². The van der Waals surface area contributed by atoms with Crippen molar-refractivity contribution in [3.8, 4) is 0 Å². The zero-order chi connectivity index (χ0) is 16.8. The van der Waals surface area contributed by atoms with Crippen LogP contribution in [0.25, 0.3) is 0 Å². The topological polar surface area (TPSA) is 30.9 Å². The first-order valence-corrected chi connectivity index (χ1v) is 8.25. The summed E-state index contributed by atoms with van der Waals surface area (Å²) in [5.74, 6) is -0.0729. The van der Waals surface area contributed by atoms with Gasteiger partial charge in [0.05, 0.1) is 0 Å². The minimum Gasteiger partial charge on any atom is -0.357 e. The average molecular weight is 452 g/mol. The molecule has 0 radical (unpaired) electrons. The number of halogens is 3. The second-order valence-corrected chi connectivity index (χ2v) is 5.69. The summed E-state index contributed by atoms with van der Waals surface area (Å²) >= 11 is 0. The molecule has 1 aromatic rings. The minimum absolute atomic E-state index is 0. The van der Waals surface area contributed by atoms with Gasteiger partial charge in [-0.05, 0) is 19.4 Å². The van der Waals surface area contributed by atoms with Gasteiger partial charge in [-0.2, -0.15) is 0 Å². The molecule has 2 rings (SSSR count). The fourth-order valence-electron chi connectivity index (χ4n) is 3.18. The molecule has 1 aliphatic rings. The van der Waals surface area contributed by atoms with Crippen molar-refractivity contribution in [1.29, 1.82) is 0 Å². The molecule has 1 atom stereocenters. The molecule has 0 spiro atoms. The normalized spacial score (nSPS) is 17.4. The van der Waals surface area contributed by atoms with Gasteiger partial charge < -0.3 is 10.2 Å². The standard InChI is InChI=1S/C17H26F2N4.HI/c1-4-16(14-7-6-13(18)12-15(14)19)22-8-10-23(11-9-22)17(20-3)21-5-2;/h6-7,12,16H,4-5,8-11H2,1-3H3,(H,20,21);1H. The number of rotatable bonds is 4. The van der Waals surface area contributed by atoms with Crippen LogP contribution >= 0.6 is 24.0 Å². The molecule has 1 unspecified atom stereocenters. The number of hydrogen-bond acceptors (Lipinski definition) is 2. The van der Waals surface area contributed by atoms with Gasteiger partial charge in [-0.3, -0.25) is 9.89 Å². The first kappa shape index (κ1) is 21.1. The zero-order valence-corrected chi connectivity index (χ0v) is 16.9. The van der Waals surface area contributed by atoms with Crippen LogP contribution in [-0.2, 0) is 0 Å². The van der Waals surface area contributed by atoms with E-state index in [4.69, 9.17) is 0 Å². The second kappa shape index (κ2) is 10.1. The molecule has 0 amide bonds. The maximum atomic E-state index is 14.1. The predicted molar refractivity (Wildman–Crippen MR) is 105 cm³/mol. The molecule has 1 N–H and O–H groups in total. The highest BCUT2D eigenvalue weighted by molar-refractivity contribution is 14.0. The van der Waals surface area contributed by atoms with Crippen LogP contribution in [0.15, 0.2) is 23.2 Å². The number of hydrogen-bond donors (Lipinski definition) is 1. The van der Waals surface area contributed by atoms with Crippen molar-refractivity contribution in [2.75, 3.05) is 39.8 Å². The Hall–Kier alpha value is -0.960. The van der Waals surface area contributed by atoms with Gasteiger partial charge >= 0.3 is 0 Å². The molecular formula is C17H27F2IN4. The van der Waals surface area contributed by atoms with E-state index >= 15 is 0 Å². The Bertz CT molecular complexity index is 545. The number of guanidine groups is 1. The van der Waals surface area contributed by atoms with E-state index in [1.807, 2.05) is 13.8 Å². The Morgan fingerprint density at radius 3 is 2.38 bits per heavy atom. The third kappa shape index (κ3) is 5.02. The van der Waals surface area contributed by atoms with E-state index in [0.717, 1.165) is 51.2 Å². The summed E-state index contributed by atoms with van der Waals surface area (Å²) in [6, 6.07) is 3.87. The quantitative estimate of drug-likeness (QED) is 0.433. The molecule has 7 heteroatoms. The van der Waals surface area contributed by atoms with E-state index in [2.05, 4.69) is 20.1 Å². The van der Waals surface area contributed by atoms with Gasteiger partial charge in [-0.1, -0.05) is 13.0 Å². The van der Waals surface area contributed by atoms with Crippen molar-refractivity contribution in [2.24, 2.45) is 4.99 Å². The van der Waals surface area contributed by atoms with E-state index in [1.165, 1.54) is 6.07 Å². The summed E-state index contributed by atoms with van der Waals surface area (Å²) in [7, 11) is 1.78. The van der Waals surface area contributed by atoms with Crippen LogP contribution in [0.3, 0.4) is 0 Å². The van der Waals surface area contributed by atoms with Crippen LogP contribution in [0.5, 0.6) is 0 Å². The summed E-state index contributed by atoms with van der Waals surface area (Å²) in [4.78, 5) is 8.77. The summed E-state index contributed by atoms with van der Waals surface area (Å²) in [6.07, 6.45) is 0.796. The predicted octanol–water partition coefficient (Wildman–Crippen LogP) is 3.25. The third-order valence-corrected chi connectivity index (χ3v) is 4.31. The second-order valence-electron chi connectivity index (χ2n) is 5.69. The highest BCUT2D eigenvalue weighted by atomic mass is 127. The number of piperazine rings is 1. The molecule has 0 bridgehead atoms. The Morgan fingerprint density at radius 1 is 1.21 bits per heavy atom. The molecule has 1 fully saturated rings. The Labute approximate surface area is 160 Å². The van der Waals surface area contributed by atoms with Crippen molar-refractivity contribution in [3.63, 3.8) is 0 Å². The maximum absolute atomic E-state index is 14.1. The molecule has 0 saturated carbocycles. The van der Waals surface area contributed by atoms with Crippen molar-refractivity contribution in [1.82, 2.24) is 15.1 Å². The lowest BCUT2D eigenvalue weighted by molar-refractivity contribution is 0.125. The van der Waals surface area contributed by atoms with E-state index in [9.17, 15) is 8.78 Å². The molecule has 1 aromatic carbocycles. The average Bonchev–Trinajstić information content (AvgIpc) is 2.56. The van der Waals surface area contributed by atoms with Crippen molar-refractivity contribution in [2.45, 2.75) is 26.3 Å². The number of benzene rings is 1. The minimum atomic E-state index is -0.527. The molecule has 0 aliphatic carbocycles. The number of aliphatic imine (C=N–C) groups is 1. The molecule has 0 aromatic heterocycles. The molecule has 4 nitrogen and oxygen atoms in total. The zero-order valence-electron chi connectivity index (χ0n) is 14.6. The van der Waals surface area contributed by atoms with Crippen LogP contribution < -0.4 is 5.32 Å². The highest BCUT2D eigenvalue weighted by Crippen LogP contribution is 2.27. The van der Waals surface area contributed by atoms with Gasteiger partial charge in [-0.25, -0.2) is 8.78 Å². The highest BCUT2D eigenvalue weighted by Gasteiger charge is 2.26. The Kier molecular flexibility index (Phi) is 8.90. The van der Waals surface area contributed by atoms with Gasteiger partial charge in [0.1, 0.15) is 11.6 Å². The van der Waals surface area contributed by atoms with Crippen LogP contribution in [0.1, 0.15) is 31.9 Å². The lowest BCUT2D eigenvalue weighted by atomic mass is 10.0. The van der Waals surface area contributed by atoms with Gasteiger partial charge in [0.25, 0.3) is 0 Å². The van der Waals surface area contributed by atoms with E-state index in [1.54, 1.807) is 13.1 Å². The van der Waals surface area contributed by atoms with E-state index in [-0.39, 0.29) is 30.0 Å². The third-order valence-electron chi connectivity index (χ3n) is 4.31. The molecule has 136 valence electrons. The van der Waals surface area contributed by atoms with Crippen LogP contribution in [0.4, 0.5) is 8.78 Å². The lowest BCUT2D eigenvalue weighted by Gasteiger charge is -2.40. The lowest BCUT2D eigenvalue weighted by Crippen LogP contribution is -2.53. The smallest absolute Gasteiger partial charge is 0.193 e. The van der Waals surface area contributed by atoms with E-state index in [0.29, 0.717) is 5.56 Å². The molecule has 1 heterocycles. The Balaban J connectivity index is 0.00000288. The summed E-state index contributed by atoms with van der Waals surface area (Å²) < 4.78 is 27.2. The fourth-order valence-corrected chi connectivity index (χ4v) is 3.18. The fraction of sp³-hybridized carbons (Fsp3) is 0.588. The molecule has 1 aliphatic heterocycles. The van der Waals surface area contributed by atoms with Crippen molar-refractivity contribution < 1.29 is 8.78 Å². The summed E-state index contributed by atoms with van der Waals surface area (Å²) in [5.41, 5.74) is 0.582. The van der Waals surface area contributed by atoms with Gasteiger partial charge in [0, 0.05) is 57.4 Å². The number of nitrogens with one attached hydrogen (secondary N) is 1. The molecule has 1 saturated heterocycles. The number of nitrogens with zero attached hydrogens (tertiary/aromatic N) is 3.